The second-order valence-corrected chi connectivity index (χ2v) is 5.16. The number of fused-ring (bicyclic) bond motifs is 1. The summed E-state index contributed by atoms with van der Waals surface area (Å²) in [6.07, 6.45) is 3.41. The summed E-state index contributed by atoms with van der Waals surface area (Å²) in [6.45, 7) is 1.93. The van der Waals surface area contributed by atoms with Crippen LogP contribution in [0, 0.1) is 6.92 Å². The fraction of sp³-hybridized carbons (Fsp3) is 0.182. The number of aromatic carboxylic acids is 1. The van der Waals surface area contributed by atoms with Crippen molar-refractivity contribution in [3.8, 4) is 11.4 Å². The Morgan fingerprint density at radius 1 is 1.50 bits per heavy atom. The van der Waals surface area contributed by atoms with E-state index in [1.807, 2.05) is 6.92 Å². The smallest absolute Gasteiger partial charge is 0.355 e. The second-order valence-electron chi connectivity index (χ2n) is 3.95. The van der Waals surface area contributed by atoms with Gasteiger partial charge in [-0.15, -0.1) is 11.3 Å². The van der Waals surface area contributed by atoms with Gasteiger partial charge in [-0.2, -0.15) is 5.10 Å². The van der Waals surface area contributed by atoms with Crippen molar-refractivity contribution in [1.29, 1.82) is 0 Å². The Morgan fingerprint density at radius 3 is 2.89 bits per heavy atom. The lowest BCUT2D eigenvalue weighted by Crippen LogP contribution is -2.04. The first-order chi connectivity index (χ1) is 8.58. The molecule has 0 aliphatic carbocycles. The minimum Gasteiger partial charge on any atom is -0.476 e. The third-order valence-electron chi connectivity index (χ3n) is 2.71. The lowest BCUT2D eigenvalue weighted by Gasteiger charge is -2.00. The van der Waals surface area contributed by atoms with Crippen molar-refractivity contribution < 1.29 is 9.90 Å². The summed E-state index contributed by atoms with van der Waals surface area (Å²) in [4.78, 5) is 17.5. The van der Waals surface area contributed by atoms with E-state index in [1.54, 1.807) is 34.6 Å². The van der Waals surface area contributed by atoms with E-state index in [2.05, 4.69) is 10.1 Å². The standard InChI is InChI=1S/C11H10N4O2S/c1-6-5-15-9(10(16)17)8(13-11(15)18-6)7-3-4-12-14(7)2/h3-5H,1-2H3,(H,16,17). The van der Waals surface area contributed by atoms with Crippen LogP contribution in [-0.4, -0.2) is 30.2 Å². The van der Waals surface area contributed by atoms with Crippen molar-refractivity contribution in [2.75, 3.05) is 0 Å². The third kappa shape index (κ3) is 1.44. The topological polar surface area (TPSA) is 72.4 Å². The van der Waals surface area contributed by atoms with Gasteiger partial charge in [0.15, 0.2) is 10.7 Å². The monoisotopic (exact) mass is 262 g/mol. The number of carboxylic acids is 1. The molecule has 6 nitrogen and oxygen atoms in total. The largest absolute Gasteiger partial charge is 0.476 e. The van der Waals surface area contributed by atoms with E-state index in [9.17, 15) is 9.90 Å². The maximum absolute atomic E-state index is 11.4. The van der Waals surface area contributed by atoms with E-state index < -0.39 is 5.97 Å². The first kappa shape index (κ1) is 11.0. The zero-order valence-electron chi connectivity index (χ0n) is 9.78. The van der Waals surface area contributed by atoms with Gasteiger partial charge in [0.25, 0.3) is 0 Å². The molecule has 92 valence electrons. The lowest BCUT2D eigenvalue weighted by atomic mass is 10.2. The highest BCUT2D eigenvalue weighted by molar-refractivity contribution is 7.17. The van der Waals surface area contributed by atoms with Crippen molar-refractivity contribution in [3.63, 3.8) is 0 Å². The minimum atomic E-state index is -0.989. The minimum absolute atomic E-state index is 0.179. The first-order valence-electron chi connectivity index (χ1n) is 5.28. The van der Waals surface area contributed by atoms with Gasteiger partial charge in [-0.25, -0.2) is 9.78 Å². The molecular formula is C11H10N4O2S. The van der Waals surface area contributed by atoms with Crippen LogP contribution < -0.4 is 0 Å². The summed E-state index contributed by atoms with van der Waals surface area (Å²) < 4.78 is 3.23. The van der Waals surface area contributed by atoms with Gasteiger partial charge in [0, 0.05) is 24.3 Å². The van der Waals surface area contributed by atoms with Crippen LogP contribution in [0.1, 0.15) is 15.4 Å². The first-order valence-corrected chi connectivity index (χ1v) is 6.09. The molecule has 7 heteroatoms. The van der Waals surface area contributed by atoms with E-state index in [0.29, 0.717) is 16.3 Å². The zero-order valence-corrected chi connectivity index (χ0v) is 10.6. The van der Waals surface area contributed by atoms with Crippen molar-refractivity contribution in [3.05, 3.63) is 29.0 Å². The van der Waals surface area contributed by atoms with E-state index in [0.717, 1.165) is 4.88 Å². The van der Waals surface area contributed by atoms with Gasteiger partial charge < -0.3 is 5.11 Å². The average Bonchev–Trinajstić information content (AvgIpc) is 2.90. The van der Waals surface area contributed by atoms with Gasteiger partial charge in [0.2, 0.25) is 0 Å². The van der Waals surface area contributed by atoms with Gasteiger partial charge in [0.1, 0.15) is 5.69 Å². The number of aryl methyl sites for hydroxylation is 2. The molecular weight excluding hydrogens is 252 g/mol. The van der Waals surface area contributed by atoms with E-state index in [-0.39, 0.29) is 5.69 Å². The van der Waals surface area contributed by atoms with Gasteiger partial charge in [-0.3, -0.25) is 9.08 Å². The number of hydrogen-bond acceptors (Lipinski definition) is 4. The Morgan fingerprint density at radius 2 is 2.28 bits per heavy atom. The lowest BCUT2D eigenvalue weighted by molar-refractivity contribution is 0.0690. The number of rotatable bonds is 2. The molecule has 0 amide bonds. The number of nitrogens with zero attached hydrogens (tertiary/aromatic N) is 4. The van der Waals surface area contributed by atoms with Gasteiger partial charge >= 0.3 is 5.97 Å². The van der Waals surface area contributed by atoms with E-state index >= 15 is 0 Å². The normalized spacial score (nSPS) is 11.2. The molecule has 3 aromatic rings. The molecule has 18 heavy (non-hydrogen) atoms. The number of carbonyl (C=O) groups is 1. The maximum Gasteiger partial charge on any atom is 0.355 e. The highest BCUT2D eigenvalue weighted by atomic mass is 32.1. The molecule has 3 aromatic heterocycles. The van der Waals surface area contributed by atoms with Gasteiger partial charge in [-0.1, -0.05) is 0 Å². The number of carboxylic acid groups (broad SMARTS) is 1. The summed E-state index contributed by atoms with van der Waals surface area (Å²) in [6, 6.07) is 1.76. The molecule has 0 atom stereocenters. The maximum atomic E-state index is 11.4. The molecule has 3 heterocycles. The van der Waals surface area contributed by atoms with Crippen molar-refractivity contribution in [2.24, 2.45) is 7.05 Å². The second kappa shape index (κ2) is 3.67. The Balaban J connectivity index is 2.36. The molecule has 0 radical (unpaired) electrons. The van der Waals surface area contributed by atoms with Crippen molar-refractivity contribution in [1.82, 2.24) is 19.2 Å². The highest BCUT2D eigenvalue weighted by Crippen LogP contribution is 2.27. The molecule has 0 aliphatic heterocycles. The fourth-order valence-electron chi connectivity index (χ4n) is 1.95. The Hall–Kier alpha value is -2.15. The molecule has 0 fully saturated rings. The Labute approximate surface area is 106 Å². The fourth-order valence-corrected chi connectivity index (χ4v) is 2.77. The number of thiazole rings is 1. The third-order valence-corrected chi connectivity index (χ3v) is 3.61. The highest BCUT2D eigenvalue weighted by Gasteiger charge is 2.22. The van der Waals surface area contributed by atoms with Crippen LogP contribution in [0.2, 0.25) is 0 Å². The van der Waals surface area contributed by atoms with E-state index in [1.165, 1.54) is 11.3 Å². The Bertz CT molecular complexity index is 752. The number of hydrogen-bond donors (Lipinski definition) is 1. The SMILES string of the molecule is Cc1cn2c(C(=O)O)c(-c3ccnn3C)nc2s1. The van der Waals surface area contributed by atoms with Crippen LogP contribution in [0.4, 0.5) is 0 Å². The van der Waals surface area contributed by atoms with E-state index in [4.69, 9.17) is 0 Å². The average molecular weight is 262 g/mol. The van der Waals surface area contributed by atoms with Gasteiger partial charge in [0.05, 0.1) is 5.69 Å². The molecule has 0 aromatic carbocycles. The zero-order chi connectivity index (χ0) is 12.9. The van der Waals surface area contributed by atoms with Crippen molar-refractivity contribution in [2.45, 2.75) is 6.92 Å². The number of imidazole rings is 1. The summed E-state index contributed by atoms with van der Waals surface area (Å²) >= 11 is 1.47. The molecule has 0 aliphatic rings. The van der Waals surface area contributed by atoms with Crippen LogP contribution in [0.3, 0.4) is 0 Å². The molecule has 0 spiro atoms. The molecule has 0 saturated carbocycles. The van der Waals surface area contributed by atoms with Crippen molar-refractivity contribution >= 4 is 22.3 Å². The van der Waals surface area contributed by atoms with Crippen LogP contribution >= 0.6 is 11.3 Å². The Kier molecular flexibility index (Phi) is 2.24. The van der Waals surface area contributed by atoms with Crippen LogP contribution in [0.5, 0.6) is 0 Å². The van der Waals surface area contributed by atoms with Crippen LogP contribution in [0.15, 0.2) is 18.5 Å². The number of aromatic nitrogens is 4. The predicted octanol–water partition coefficient (Wildman–Crippen LogP) is 1.80. The van der Waals surface area contributed by atoms with Crippen LogP contribution in [0.25, 0.3) is 16.3 Å². The molecule has 0 saturated heterocycles. The summed E-state index contributed by atoms with van der Waals surface area (Å²) in [5, 5.41) is 13.4. The van der Waals surface area contributed by atoms with Gasteiger partial charge in [-0.05, 0) is 13.0 Å². The molecule has 0 unspecified atom stereocenters. The predicted molar refractivity (Wildman–Crippen MR) is 67.0 cm³/mol. The molecule has 0 bridgehead atoms. The molecule has 1 N–H and O–H groups in total. The summed E-state index contributed by atoms with van der Waals surface area (Å²) in [5.41, 5.74) is 1.33. The van der Waals surface area contributed by atoms with Crippen LogP contribution in [-0.2, 0) is 7.05 Å². The summed E-state index contributed by atoms with van der Waals surface area (Å²) in [5.74, 6) is -0.989. The summed E-state index contributed by atoms with van der Waals surface area (Å²) in [7, 11) is 1.76. The molecule has 3 rings (SSSR count). The quantitative estimate of drug-likeness (QED) is 0.764.